The second kappa shape index (κ2) is 13.5. The number of halogens is 3. The summed E-state index contributed by atoms with van der Waals surface area (Å²) in [4.78, 5) is 15.3. The summed E-state index contributed by atoms with van der Waals surface area (Å²) < 4.78 is 42.7. The number of benzene rings is 3. The molecule has 2 N–H and O–H groups in total. The summed E-state index contributed by atoms with van der Waals surface area (Å²) >= 11 is 0. The topological polar surface area (TPSA) is 76.6 Å². The number of nitrogens with two attached hydrogens (primary N) is 1. The number of hydrogen-bond donors (Lipinski definition) is 1. The number of nitrogens with zero attached hydrogens (tertiary/aromatic N) is 4. The molecule has 9 heteroatoms. The largest absolute Gasteiger partial charge is 0.372 e. The van der Waals surface area contributed by atoms with Crippen molar-refractivity contribution in [3.05, 3.63) is 83.7 Å². The van der Waals surface area contributed by atoms with E-state index in [1.54, 1.807) is 12.1 Å². The van der Waals surface area contributed by atoms with Crippen LogP contribution in [0.1, 0.15) is 31.9 Å². The van der Waals surface area contributed by atoms with Crippen molar-refractivity contribution in [1.82, 2.24) is 9.80 Å². The summed E-state index contributed by atoms with van der Waals surface area (Å²) in [6, 6.07) is 22.0. The van der Waals surface area contributed by atoms with Gasteiger partial charge in [-0.25, -0.2) is 13.2 Å². The van der Waals surface area contributed by atoms with Gasteiger partial charge in [-0.15, -0.1) is 0 Å². The Hall–Kier alpha value is -3.87. The average Bonchev–Trinajstić information content (AvgIpc) is 2.91. The predicted octanol–water partition coefficient (Wildman–Crippen LogP) is 5.74. The second-order valence-electron chi connectivity index (χ2n) is 10.2. The number of primary amides is 1. The molecule has 1 fully saturated rings. The predicted molar refractivity (Wildman–Crippen MR) is 153 cm³/mol. The Kier molecular flexibility index (Phi) is 10.3. The number of amides is 1. The van der Waals surface area contributed by atoms with Crippen LogP contribution in [0.3, 0.4) is 0 Å². The van der Waals surface area contributed by atoms with Crippen molar-refractivity contribution in [1.29, 1.82) is 5.26 Å². The zero-order valence-electron chi connectivity index (χ0n) is 23.3. The highest BCUT2D eigenvalue weighted by atomic mass is 19.3. The molecule has 4 rings (SSSR count). The number of hydrogen-bond acceptors (Lipinski definition) is 5. The number of anilines is 2. The molecule has 1 aliphatic rings. The Morgan fingerprint density at radius 1 is 1.02 bits per heavy atom. The fourth-order valence-electron chi connectivity index (χ4n) is 5.30. The molecule has 40 heavy (non-hydrogen) atoms. The van der Waals surface area contributed by atoms with Crippen LogP contribution in [0.5, 0.6) is 0 Å². The molecule has 0 spiro atoms. The van der Waals surface area contributed by atoms with Crippen LogP contribution in [-0.4, -0.2) is 61.5 Å². The highest BCUT2D eigenvalue weighted by molar-refractivity contribution is 5.71. The number of nitriles is 1. The first-order valence-corrected chi connectivity index (χ1v) is 13.1. The van der Waals surface area contributed by atoms with Crippen LogP contribution in [0.25, 0.3) is 11.1 Å². The first-order valence-electron chi connectivity index (χ1n) is 13.1. The Morgan fingerprint density at radius 3 is 2.20 bits per heavy atom. The molecule has 3 aromatic carbocycles. The van der Waals surface area contributed by atoms with Crippen LogP contribution in [0, 0.1) is 17.1 Å². The lowest BCUT2D eigenvalue weighted by Gasteiger charge is -2.44. The molecule has 3 aromatic rings. The van der Waals surface area contributed by atoms with Gasteiger partial charge in [0.1, 0.15) is 5.82 Å². The van der Waals surface area contributed by atoms with Crippen molar-refractivity contribution in [3.8, 4) is 17.2 Å². The molecule has 6 nitrogen and oxygen atoms in total. The van der Waals surface area contributed by atoms with Gasteiger partial charge in [-0.3, -0.25) is 9.69 Å². The van der Waals surface area contributed by atoms with Crippen LogP contribution in [0.2, 0.25) is 0 Å². The van der Waals surface area contributed by atoms with Gasteiger partial charge in [-0.1, -0.05) is 24.3 Å². The molecule has 2 unspecified atom stereocenters. The van der Waals surface area contributed by atoms with E-state index in [1.807, 2.05) is 47.4 Å². The van der Waals surface area contributed by atoms with Gasteiger partial charge in [0.05, 0.1) is 17.2 Å². The van der Waals surface area contributed by atoms with Crippen molar-refractivity contribution in [3.63, 3.8) is 0 Å². The number of carbonyl (C=O) groups is 1. The molecule has 1 amide bonds. The van der Waals surface area contributed by atoms with E-state index in [0.717, 1.165) is 49.4 Å². The standard InChI is InChI=1S/C30H33F3N4.CH3NO/c1-21-19-35(4)20-22(2)36(21)14-15-37(27-12-13-29(31)28(17-27)30(3,32)33)26-10-8-24(9-11-26)25-7-5-6-23(16-25)18-34;2-1-3/h5-13,16-17,21-22H,14-15,19-20H2,1-4H3;1H,(H2,2,3). The van der Waals surface area contributed by atoms with Crippen molar-refractivity contribution in [2.24, 2.45) is 5.73 Å². The van der Waals surface area contributed by atoms with E-state index in [0.29, 0.717) is 29.9 Å². The quantitative estimate of drug-likeness (QED) is 0.379. The van der Waals surface area contributed by atoms with Crippen LogP contribution in [-0.2, 0) is 10.7 Å². The van der Waals surface area contributed by atoms with Crippen molar-refractivity contribution in [2.75, 3.05) is 38.1 Å². The van der Waals surface area contributed by atoms with E-state index in [1.165, 1.54) is 6.07 Å². The van der Waals surface area contributed by atoms with Gasteiger partial charge in [0.2, 0.25) is 6.41 Å². The maximum atomic E-state index is 14.3. The maximum absolute atomic E-state index is 14.3. The molecule has 1 saturated heterocycles. The number of rotatable bonds is 7. The van der Waals surface area contributed by atoms with Crippen LogP contribution >= 0.6 is 0 Å². The molecule has 0 aromatic heterocycles. The molecule has 0 bridgehead atoms. The third-order valence-corrected chi connectivity index (χ3v) is 7.10. The van der Waals surface area contributed by atoms with E-state index in [2.05, 4.69) is 42.5 Å². The van der Waals surface area contributed by atoms with E-state index in [-0.39, 0.29) is 6.41 Å². The summed E-state index contributed by atoms with van der Waals surface area (Å²) in [6.07, 6.45) is 0.250. The lowest BCUT2D eigenvalue weighted by Crippen LogP contribution is -2.56. The van der Waals surface area contributed by atoms with Gasteiger partial charge in [-0.2, -0.15) is 5.26 Å². The molecule has 1 heterocycles. The van der Waals surface area contributed by atoms with Gasteiger partial charge in [0.25, 0.3) is 5.92 Å². The highest BCUT2D eigenvalue weighted by Crippen LogP contribution is 2.35. The summed E-state index contributed by atoms with van der Waals surface area (Å²) in [7, 11) is 2.12. The normalized spacial score (nSPS) is 17.9. The lowest BCUT2D eigenvalue weighted by molar-refractivity contribution is -0.106. The third kappa shape index (κ3) is 7.62. The number of likely N-dealkylation sites (N-methyl/N-ethyl adjacent to an activating group) is 1. The molecule has 0 radical (unpaired) electrons. The average molecular weight is 552 g/mol. The number of alkyl halides is 2. The molecule has 2 atom stereocenters. The molecule has 1 aliphatic heterocycles. The van der Waals surface area contributed by atoms with Crippen LogP contribution < -0.4 is 10.6 Å². The monoisotopic (exact) mass is 551 g/mol. The molecule has 0 aliphatic carbocycles. The Bertz CT molecular complexity index is 1310. The fraction of sp³-hybridized carbons (Fsp3) is 0.355. The summed E-state index contributed by atoms with van der Waals surface area (Å²) in [5, 5.41) is 9.23. The van der Waals surface area contributed by atoms with Crippen LogP contribution in [0.4, 0.5) is 24.5 Å². The van der Waals surface area contributed by atoms with Crippen molar-refractivity contribution in [2.45, 2.75) is 38.8 Å². The summed E-state index contributed by atoms with van der Waals surface area (Å²) in [6.45, 7) is 8.34. The third-order valence-electron chi connectivity index (χ3n) is 7.10. The van der Waals surface area contributed by atoms with Gasteiger partial charge in [-0.05, 0) is 74.5 Å². The van der Waals surface area contributed by atoms with E-state index >= 15 is 0 Å². The van der Waals surface area contributed by atoms with Gasteiger partial charge >= 0.3 is 0 Å². The molecule has 0 saturated carbocycles. The minimum atomic E-state index is -3.29. The van der Waals surface area contributed by atoms with E-state index in [4.69, 9.17) is 4.79 Å². The summed E-state index contributed by atoms with van der Waals surface area (Å²) in [5.74, 6) is -4.20. The number of piperazine rings is 1. The van der Waals surface area contributed by atoms with Crippen molar-refractivity contribution >= 4 is 17.8 Å². The lowest BCUT2D eigenvalue weighted by atomic mass is 10.0. The Balaban J connectivity index is 0.00000141. The smallest absolute Gasteiger partial charge is 0.273 e. The first kappa shape index (κ1) is 30.7. The Labute approximate surface area is 234 Å². The van der Waals surface area contributed by atoms with Gasteiger partial charge < -0.3 is 15.5 Å². The minimum absolute atomic E-state index is 0.250. The second-order valence-corrected chi connectivity index (χ2v) is 10.2. The van der Waals surface area contributed by atoms with Gasteiger partial charge in [0, 0.05) is 56.6 Å². The molecule has 212 valence electrons. The SMILES string of the molecule is CC1CN(C)CC(C)N1CCN(c1ccc(-c2cccc(C#N)c2)cc1)c1ccc(F)c(C(C)(F)F)c1.NC=O. The fourth-order valence-corrected chi connectivity index (χ4v) is 5.30. The molecular weight excluding hydrogens is 515 g/mol. The number of carbonyl (C=O) groups excluding carboxylic acids is 1. The Morgan fingerprint density at radius 2 is 1.62 bits per heavy atom. The highest BCUT2D eigenvalue weighted by Gasteiger charge is 2.30. The summed E-state index contributed by atoms with van der Waals surface area (Å²) in [5.41, 5.74) is 7.35. The minimum Gasteiger partial charge on any atom is -0.372 e. The van der Waals surface area contributed by atoms with E-state index in [9.17, 15) is 18.4 Å². The van der Waals surface area contributed by atoms with Gasteiger partial charge in [0.15, 0.2) is 0 Å². The zero-order valence-corrected chi connectivity index (χ0v) is 23.3. The zero-order chi connectivity index (χ0) is 29.4. The van der Waals surface area contributed by atoms with Crippen LogP contribution in [0.15, 0.2) is 66.7 Å². The maximum Gasteiger partial charge on any atom is 0.273 e. The first-order chi connectivity index (χ1) is 19.0. The molecular formula is C31H36F3N5O. The van der Waals surface area contributed by atoms with Crippen molar-refractivity contribution < 1.29 is 18.0 Å². The van der Waals surface area contributed by atoms with E-state index < -0.39 is 17.3 Å².